The van der Waals surface area contributed by atoms with Gasteiger partial charge in [-0.3, -0.25) is 0 Å². The summed E-state index contributed by atoms with van der Waals surface area (Å²) < 4.78 is 0. The lowest BCUT2D eigenvalue weighted by molar-refractivity contribution is 0.186. The maximum Gasteiger partial charge on any atom is 0.0607 e. The van der Waals surface area contributed by atoms with E-state index in [1.165, 1.54) is 0 Å². The Labute approximate surface area is 75.3 Å². The van der Waals surface area contributed by atoms with Gasteiger partial charge in [0.15, 0.2) is 0 Å². The Morgan fingerprint density at radius 2 is 1.75 bits per heavy atom. The minimum absolute atomic E-state index is 0.126. The van der Waals surface area contributed by atoms with Gasteiger partial charge in [0, 0.05) is 11.1 Å². The topological polar surface area (TPSA) is 58.3 Å². The molecule has 12 heavy (non-hydrogen) atoms. The molecular formula is C9H22N2O. The monoisotopic (exact) mass is 174 g/mol. The van der Waals surface area contributed by atoms with Crippen molar-refractivity contribution in [2.75, 3.05) is 13.2 Å². The van der Waals surface area contributed by atoms with Gasteiger partial charge < -0.3 is 16.2 Å². The molecule has 0 aliphatic heterocycles. The molecular weight excluding hydrogens is 152 g/mol. The van der Waals surface area contributed by atoms with Crippen molar-refractivity contribution in [1.82, 2.24) is 5.32 Å². The van der Waals surface area contributed by atoms with Gasteiger partial charge in [0.25, 0.3) is 0 Å². The van der Waals surface area contributed by atoms with E-state index in [2.05, 4.69) is 5.32 Å². The van der Waals surface area contributed by atoms with Crippen molar-refractivity contribution in [1.29, 1.82) is 0 Å². The average molecular weight is 174 g/mol. The second-order valence-corrected chi connectivity index (χ2v) is 4.71. The molecule has 3 nitrogen and oxygen atoms in total. The molecule has 0 aromatic rings. The van der Waals surface area contributed by atoms with Gasteiger partial charge in [0.1, 0.15) is 0 Å². The summed E-state index contributed by atoms with van der Waals surface area (Å²) in [6.07, 6.45) is 0.913. The van der Waals surface area contributed by atoms with Crippen molar-refractivity contribution in [2.45, 2.75) is 45.2 Å². The molecule has 0 saturated carbocycles. The molecule has 0 bridgehead atoms. The number of aliphatic hydroxyl groups excluding tert-OH is 1. The average Bonchev–Trinajstić information content (AvgIpc) is 1.84. The molecule has 0 rings (SSSR count). The summed E-state index contributed by atoms with van der Waals surface area (Å²) in [5.74, 6) is 0. The molecule has 0 radical (unpaired) electrons. The largest absolute Gasteiger partial charge is 0.394 e. The number of rotatable bonds is 5. The van der Waals surface area contributed by atoms with Crippen molar-refractivity contribution in [3.05, 3.63) is 0 Å². The van der Waals surface area contributed by atoms with E-state index >= 15 is 0 Å². The molecule has 0 fully saturated rings. The van der Waals surface area contributed by atoms with Crippen molar-refractivity contribution in [2.24, 2.45) is 5.73 Å². The predicted molar refractivity (Wildman–Crippen MR) is 52.1 cm³/mol. The van der Waals surface area contributed by atoms with Crippen molar-refractivity contribution in [3.63, 3.8) is 0 Å². The van der Waals surface area contributed by atoms with E-state index in [9.17, 15) is 0 Å². The van der Waals surface area contributed by atoms with Crippen molar-refractivity contribution < 1.29 is 5.11 Å². The second kappa shape index (κ2) is 4.21. The van der Waals surface area contributed by atoms with E-state index in [0.717, 1.165) is 13.0 Å². The van der Waals surface area contributed by atoms with Crippen LogP contribution in [0.1, 0.15) is 34.1 Å². The summed E-state index contributed by atoms with van der Waals surface area (Å²) in [5, 5.41) is 12.2. The molecule has 0 heterocycles. The molecule has 0 atom stereocenters. The highest BCUT2D eigenvalue weighted by Crippen LogP contribution is 2.04. The zero-order valence-electron chi connectivity index (χ0n) is 8.65. The number of hydrogen-bond acceptors (Lipinski definition) is 3. The predicted octanol–water partition coefficient (Wildman–Crippen LogP) is 0.474. The van der Waals surface area contributed by atoms with Crippen LogP contribution in [0, 0.1) is 0 Å². The summed E-state index contributed by atoms with van der Waals surface area (Å²) in [6.45, 7) is 8.93. The number of hydrogen-bond donors (Lipinski definition) is 3. The minimum atomic E-state index is -0.189. The third-order valence-electron chi connectivity index (χ3n) is 1.77. The standard InChI is InChI=1S/C9H22N2O/c1-8(2,10)5-6-11-9(3,4)7-12/h11-12H,5-7,10H2,1-4H3. The van der Waals surface area contributed by atoms with Gasteiger partial charge in [0.2, 0.25) is 0 Å². The highest BCUT2D eigenvalue weighted by Gasteiger charge is 2.16. The van der Waals surface area contributed by atoms with Crippen molar-refractivity contribution >= 4 is 0 Å². The fraction of sp³-hybridized carbons (Fsp3) is 1.00. The normalized spacial score (nSPS) is 13.5. The van der Waals surface area contributed by atoms with Gasteiger partial charge in [-0.2, -0.15) is 0 Å². The lowest BCUT2D eigenvalue weighted by Gasteiger charge is -2.26. The quantitative estimate of drug-likeness (QED) is 0.568. The fourth-order valence-corrected chi connectivity index (χ4v) is 0.779. The van der Waals surface area contributed by atoms with E-state index in [1.54, 1.807) is 0 Å². The van der Waals surface area contributed by atoms with Crippen LogP contribution in [0.25, 0.3) is 0 Å². The van der Waals surface area contributed by atoms with Crippen LogP contribution in [0.3, 0.4) is 0 Å². The van der Waals surface area contributed by atoms with Gasteiger partial charge >= 0.3 is 0 Å². The van der Waals surface area contributed by atoms with Crippen LogP contribution in [0.5, 0.6) is 0 Å². The lowest BCUT2D eigenvalue weighted by Crippen LogP contribution is -2.46. The summed E-state index contributed by atoms with van der Waals surface area (Å²) in [5.41, 5.74) is 5.49. The van der Waals surface area contributed by atoms with Crippen LogP contribution in [0.4, 0.5) is 0 Å². The SMILES string of the molecule is CC(C)(N)CCNC(C)(C)CO. The lowest BCUT2D eigenvalue weighted by atomic mass is 10.0. The van der Waals surface area contributed by atoms with E-state index in [1.807, 2.05) is 27.7 Å². The van der Waals surface area contributed by atoms with Gasteiger partial charge in [-0.05, 0) is 40.7 Å². The van der Waals surface area contributed by atoms with E-state index in [4.69, 9.17) is 10.8 Å². The Kier molecular flexibility index (Phi) is 4.17. The Morgan fingerprint density at radius 3 is 2.08 bits per heavy atom. The molecule has 0 unspecified atom stereocenters. The molecule has 0 aliphatic carbocycles. The van der Waals surface area contributed by atoms with Crippen LogP contribution in [-0.4, -0.2) is 29.3 Å². The van der Waals surface area contributed by atoms with Gasteiger partial charge in [-0.15, -0.1) is 0 Å². The van der Waals surface area contributed by atoms with E-state index in [-0.39, 0.29) is 17.7 Å². The first kappa shape index (κ1) is 11.9. The third kappa shape index (κ3) is 6.58. The summed E-state index contributed by atoms with van der Waals surface area (Å²) in [6, 6.07) is 0. The second-order valence-electron chi connectivity index (χ2n) is 4.71. The number of nitrogens with two attached hydrogens (primary N) is 1. The summed E-state index contributed by atoms with van der Waals surface area (Å²) >= 11 is 0. The molecule has 0 aliphatic rings. The third-order valence-corrected chi connectivity index (χ3v) is 1.77. The summed E-state index contributed by atoms with van der Waals surface area (Å²) in [7, 11) is 0. The zero-order chi connectivity index (χ0) is 9.83. The molecule has 74 valence electrons. The van der Waals surface area contributed by atoms with Crippen LogP contribution in [0.2, 0.25) is 0 Å². The Morgan fingerprint density at radius 1 is 1.25 bits per heavy atom. The number of nitrogens with one attached hydrogen (secondary N) is 1. The first-order chi connectivity index (χ1) is 5.27. The van der Waals surface area contributed by atoms with Gasteiger partial charge in [-0.25, -0.2) is 0 Å². The molecule has 0 spiro atoms. The van der Waals surface area contributed by atoms with E-state index < -0.39 is 0 Å². The van der Waals surface area contributed by atoms with Crippen LogP contribution in [0.15, 0.2) is 0 Å². The smallest absolute Gasteiger partial charge is 0.0607 e. The Bertz CT molecular complexity index is 127. The Balaban J connectivity index is 3.57. The first-order valence-corrected chi connectivity index (χ1v) is 4.42. The molecule has 0 aromatic carbocycles. The van der Waals surface area contributed by atoms with Gasteiger partial charge in [0.05, 0.1) is 6.61 Å². The van der Waals surface area contributed by atoms with Crippen LogP contribution >= 0.6 is 0 Å². The molecule has 4 N–H and O–H groups in total. The Hall–Kier alpha value is -0.120. The fourth-order valence-electron chi connectivity index (χ4n) is 0.779. The highest BCUT2D eigenvalue weighted by molar-refractivity contribution is 4.79. The van der Waals surface area contributed by atoms with Crippen LogP contribution in [-0.2, 0) is 0 Å². The maximum absolute atomic E-state index is 8.93. The molecule has 3 heteroatoms. The summed E-state index contributed by atoms with van der Waals surface area (Å²) in [4.78, 5) is 0. The zero-order valence-corrected chi connectivity index (χ0v) is 8.65. The first-order valence-electron chi connectivity index (χ1n) is 4.42. The maximum atomic E-state index is 8.93. The van der Waals surface area contributed by atoms with Crippen molar-refractivity contribution in [3.8, 4) is 0 Å². The number of aliphatic hydroxyl groups is 1. The molecule has 0 amide bonds. The molecule has 0 saturated heterocycles. The minimum Gasteiger partial charge on any atom is -0.394 e. The van der Waals surface area contributed by atoms with Crippen LogP contribution < -0.4 is 11.1 Å². The highest BCUT2D eigenvalue weighted by atomic mass is 16.3. The van der Waals surface area contributed by atoms with Gasteiger partial charge in [-0.1, -0.05) is 0 Å². The molecule has 0 aromatic heterocycles. The van der Waals surface area contributed by atoms with E-state index in [0.29, 0.717) is 0 Å².